The van der Waals surface area contributed by atoms with E-state index in [2.05, 4.69) is 5.32 Å². The molecule has 1 aliphatic carbocycles. The summed E-state index contributed by atoms with van der Waals surface area (Å²) in [6.07, 6.45) is 1.21. The zero-order valence-electron chi connectivity index (χ0n) is 15.7. The predicted octanol–water partition coefficient (Wildman–Crippen LogP) is 3.91. The van der Waals surface area contributed by atoms with Crippen molar-refractivity contribution in [2.45, 2.75) is 45.7 Å². The molecule has 0 atom stereocenters. The van der Waals surface area contributed by atoms with Crippen LogP contribution in [0.25, 0.3) is 0 Å². The number of rotatable bonds is 5. The van der Waals surface area contributed by atoms with Gasteiger partial charge in [-0.2, -0.15) is 0 Å². The molecule has 0 saturated heterocycles. The van der Waals surface area contributed by atoms with E-state index in [0.717, 1.165) is 11.3 Å². The average Bonchev–Trinajstić information content (AvgIpc) is 3.41. The van der Waals surface area contributed by atoms with Crippen LogP contribution < -0.4 is 10.2 Å². The molecule has 26 heavy (non-hydrogen) atoms. The van der Waals surface area contributed by atoms with E-state index in [1.165, 1.54) is 0 Å². The van der Waals surface area contributed by atoms with Crippen LogP contribution in [0.5, 0.6) is 0 Å². The Bertz CT molecular complexity index is 775. The summed E-state index contributed by atoms with van der Waals surface area (Å²) in [5, 5.41) is 2.99. The maximum Gasteiger partial charge on any atom is 0.242 e. The number of benzene rings is 2. The standard InChI is InChI=1S/C22H26N2O2/c1-21(2,3)23-19(25)22(14-15-22)20(26)24(18-12-8-5-9-13-18)16-17-10-6-4-7-11-17/h4-13H,14-16H2,1-3H3,(H,23,25). The smallest absolute Gasteiger partial charge is 0.242 e. The Morgan fingerprint density at radius 2 is 1.50 bits per heavy atom. The minimum Gasteiger partial charge on any atom is -0.351 e. The molecule has 1 aliphatic rings. The molecule has 1 fully saturated rings. The first-order valence-electron chi connectivity index (χ1n) is 9.05. The molecule has 4 heteroatoms. The van der Waals surface area contributed by atoms with E-state index >= 15 is 0 Å². The highest BCUT2D eigenvalue weighted by Gasteiger charge is 2.58. The molecule has 0 spiro atoms. The van der Waals surface area contributed by atoms with Gasteiger partial charge in [0.1, 0.15) is 5.41 Å². The number of nitrogens with zero attached hydrogens (tertiary/aromatic N) is 1. The van der Waals surface area contributed by atoms with Gasteiger partial charge in [-0.15, -0.1) is 0 Å². The second-order valence-electron chi connectivity index (χ2n) is 8.00. The Labute approximate surface area is 155 Å². The molecule has 2 amide bonds. The van der Waals surface area contributed by atoms with Gasteiger partial charge in [0.15, 0.2) is 0 Å². The van der Waals surface area contributed by atoms with Crippen LogP contribution in [0.2, 0.25) is 0 Å². The lowest BCUT2D eigenvalue weighted by Crippen LogP contribution is -2.50. The van der Waals surface area contributed by atoms with Crippen LogP contribution >= 0.6 is 0 Å². The van der Waals surface area contributed by atoms with Gasteiger partial charge in [-0.25, -0.2) is 0 Å². The molecule has 0 heterocycles. The molecule has 2 aromatic rings. The Morgan fingerprint density at radius 3 is 2.00 bits per heavy atom. The van der Waals surface area contributed by atoms with E-state index in [9.17, 15) is 9.59 Å². The van der Waals surface area contributed by atoms with Crippen LogP contribution in [0, 0.1) is 5.41 Å². The Hall–Kier alpha value is -2.62. The van der Waals surface area contributed by atoms with Crippen molar-refractivity contribution in [3.8, 4) is 0 Å². The largest absolute Gasteiger partial charge is 0.351 e. The maximum absolute atomic E-state index is 13.4. The number of carbonyl (C=O) groups is 2. The molecule has 0 radical (unpaired) electrons. The molecule has 0 unspecified atom stereocenters. The fraction of sp³-hybridized carbons (Fsp3) is 0.364. The highest BCUT2D eigenvalue weighted by atomic mass is 16.2. The van der Waals surface area contributed by atoms with Crippen LogP contribution in [0.3, 0.4) is 0 Å². The van der Waals surface area contributed by atoms with Crippen LogP contribution in [0.1, 0.15) is 39.2 Å². The van der Waals surface area contributed by atoms with Crippen LogP contribution in [0.15, 0.2) is 60.7 Å². The normalized spacial score (nSPS) is 15.2. The van der Waals surface area contributed by atoms with E-state index in [1.54, 1.807) is 4.90 Å². The Kier molecular flexibility index (Phi) is 4.86. The second-order valence-corrected chi connectivity index (χ2v) is 8.00. The molecule has 0 aliphatic heterocycles. The fourth-order valence-electron chi connectivity index (χ4n) is 3.04. The first-order chi connectivity index (χ1) is 12.3. The highest BCUT2D eigenvalue weighted by molar-refractivity contribution is 6.14. The minimum atomic E-state index is -0.933. The number of carbonyl (C=O) groups excluding carboxylic acids is 2. The molecule has 3 rings (SSSR count). The highest BCUT2D eigenvalue weighted by Crippen LogP contribution is 2.48. The van der Waals surface area contributed by atoms with Crippen molar-refractivity contribution in [1.82, 2.24) is 5.32 Å². The molecular formula is C22H26N2O2. The van der Waals surface area contributed by atoms with Gasteiger partial charge in [-0.05, 0) is 51.3 Å². The van der Waals surface area contributed by atoms with E-state index in [4.69, 9.17) is 0 Å². The molecular weight excluding hydrogens is 324 g/mol. The van der Waals surface area contributed by atoms with Gasteiger partial charge in [0.05, 0.1) is 6.54 Å². The Balaban J connectivity index is 1.89. The van der Waals surface area contributed by atoms with E-state index in [1.807, 2.05) is 81.4 Å². The summed E-state index contributed by atoms with van der Waals surface area (Å²) in [6.45, 7) is 6.26. The number of nitrogens with one attached hydrogen (secondary N) is 1. The summed E-state index contributed by atoms with van der Waals surface area (Å²) in [6, 6.07) is 19.5. The lowest BCUT2D eigenvalue weighted by Gasteiger charge is -2.29. The molecule has 2 aromatic carbocycles. The number of anilines is 1. The molecule has 1 saturated carbocycles. The van der Waals surface area contributed by atoms with Crippen molar-refractivity contribution in [1.29, 1.82) is 0 Å². The summed E-state index contributed by atoms with van der Waals surface area (Å²) in [7, 11) is 0. The van der Waals surface area contributed by atoms with Gasteiger partial charge >= 0.3 is 0 Å². The maximum atomic E-state index is 13.4. The van der Waals surface area contributed by atoms with Crippen molar-refractivity contribution in [2.75, 3.05) is 4.90 Å². The van der Waals surface area contributed by atoms with Crippen LogP contribution in [0.4, 0.5) is 5.69 Å². The van der Waals surface area contributed by atoms with E-state index < -0.39 is 5.41 Å². The van der Waals surface area contributed by atoms with Crippen molar-refractivity contribution in [2.24, 2.45) is 5.41 Å². The quantitative estimate of drug-likeness (QED) is 0.831. The van der Waals surface area contributed by atoms with E-state index in [0.29, 0.717) is 19.4 Å². The van der Waals surface area contributed by atoms with Crippen molar-refractivity contribution in [3.05, 3.63) is 66.2 Å². The third-order valence-corrected chi connectivity index (χ3v) is 4.58. The fourth-order valence-corrected chi connectivity index (χ4v) is 3.04. The molecule has 136 valence electrons. The zero-order valence-corrected chi connectivity index (χ0v) is 15.7. The van der Waals surface area contributed by atoms with E-state index in [-0.39, 0.29) is 17.4 Å². The van der Waals surface area contributed by atoms with Gasteiger partial charge in [0.25, 0.3) is 0 Å². The molecule has 1 N–H and O–H groups in total. The van der Waals surface area contributed by atoms with Crippen molar-refractivity contribution < 1.29 is 9.59 Å². The summed E-state index contributed by atoms with van der Waals surface area (Å²) in [5.74, 6) is -0.279. The third kappa shape index (κ3) is 3.96. The zero-order chi connectivity index (χ0) is 18.8. The number of amides is 2. The number of hydrogen-bond acceptors (Lipinski definition) is 2. The van der Waals surface area contributed by atoms with Crippen LogP contribution in [-0.2, 0) is 16.1 Å². The van der Waals surface area contributed by atoms with Gasteiger partial charge < -0.3 is 10.2 Å². The van der Waals surface area contributed by atoms with Crippen molar-refractivity contribution >= 4 is 17.5 Å². The second kappa shape index (κ2) is 6.94. The lowest BCUT2D eigenvalue weighted by atomic mass is 10.00. The molecule has 0 bridgehead atoms. The van der Waals surface area contributed by atoms with Gasteiger partial charge in [0.2, 0.25) is 11.8 Å². The summed E-state index contributed by atoms with van der Waals surface area (Å²) >= 11 is 0. The Morgan fingerprint density at radius 1 is 0.962 bits per heavy atom. The lowest BCUT2D eigenvalue weighted by molar-refractivity contribution is -0.136. The first-order valence-corrected chi connectivity index (χ1v) is 9.05. The summed E-state index contributed by atoms with van der Waals surface area (Å²) in [5.41, 5.74) is 0.565. The third-order valence-electron chi connectivity index (χ3n) is 4.58. The number of para-hydroxylation sites is 1. The van der Waals surface area contributed by atoms with Crippen molar-refractivity contribution in [3.63, 3.8) is 0 Å². The van der Waals surface area contributed by atoms with Gasteiger partial charge in [0, 0.05) is 11.2 Å². The van der Waals surface area contributed by atoms with Gasteiger partial charge in [-0.1, -0.05) is 48.5 Å². The minimum absolute atomic E-state index is 0.116. The SMILES string of the molecule is CC(C)(C)NC(=O)C1(C(=O)N(Cc2ccccc2)c2ccccc2)CC1. The molecule has 0 aromatic heterocycles. The van der Waals surface area contributed by atoms with Gasteiger partial charge in [-0.3, -0.25) is 9.59 Å². The first kappa shape index (κ1) is 18.2. The topological polar surface area (TPSA) is 49.4 Å². The average molecular weight is 350 g/mol. The number of hydrogen-bond donors (Lipinski definition) is 1. The monoisotopic (exact) mass is 350 g/mol. The summed E-state index contributed by atoms with van der Waals surface area (Å²) < 4.78 is 0. The predicted molar refractivity (Wildman–Crippen MR) is 104 cm³/mol. The summed E-state index contributed by atoms with van der Waals surface area (Å²) in [4.78, 5) is 28.0. The molecule has 4 nitrogen and oxygen atoms in total. The van der Waals surface area contributed by atoms with Crippen LogP contribution in [-0.4, -0.2) is 17.4 Å².